The number of sulfonamides is 1. The predicted molar refractivity (Wildman–Crippen MR) is 60.8 cm³/mol. The minimum Gasteiger partial charge on any atom is -0.215 e. The van der Waals surface area contributed by atoms with E-state index in [4.69, 9.17) is 0 Å². The zero-order valence-corrected chi connectivity index (χ0v) is 10.4. The van der Waals surface area contributed by atoms with E-state index in [-0.39, 0.29) is 5.75 Å². The van der Waals surface area contributed by atoms with Crippen LogP contribution in [0.4, 0.5) is 0 Å². The second-order valence-corrected chi connectivity index (χ2v) is 5.76. The molecule has 0 amide bonds. The summed E-state index contributed by atoms with van der Waals surface area (Å²) in [5, 5.41) is 0. The lowest BCUT2D eigenvalue weighted by Crippen LogP contribution is -2.30. The Morgan fingerprint density at radius 3 is 2.29 bits per heavy atom. The van der Waals surface area contributed by atoms with Gasteiger partial charge in [0.05, 0.1) is 5.75 Å². The van der Waals surface area contributed by atoms with Crippen molar-refractivity contribution in [1.82, 2.24) is 4.72 Å². The third-order valence-electron chi connectivity index (χ3n) is 2.52. The van der Waals surface area contributed by atoms with Crippen molar-refractivity contribution in [2.75, 3.05) is 12.3 Å². The van der Waals surface area contributed by atoms with Crippen molar-refractivity contribution in [1.29, 1.82) is 0 Å². The van der Waals surface area contributed by atoms with E-state index in [1.165, 1.54) is 12.8 Å². The lowest BCUT2D eigenvalue weighted by Gasteiger charge is -2.14. The van der Waals surface area contributed by atoms with Crippen molar-refractivity contribution in [3.05, 3.63) is 0 Å². The topological polar surface area (TPSA) is 46.2 Å². The van der Waals surface area contributed by atoms with Crippen LogP contribution in [-0.2, 0) is 10.0 Å². The Morgan fingerprint density at radius 2 is 1.86 bits per heavy atom. The molecule has 0 aromatic rings. The summed E-state index contributed by atoms with van der Waals surface area (Å²) in [5.41, 5.74) is 0. The summed E-state index contributed by atoms with van der Waals surface area (Å²) in [4.78, 5) is 0. The molecular formula is C10H23NO2S. The lowest BCUT2D eigenvalue weighted by atomic mass is 10.00. The highest BCUT2D eigenvalue weighted by atomic mass is 32.2. The Morgan fingerprint density at radius 1 is 1.21 bits per heavy atom. The molecule has 4 heteroatoms. The molecule has 0 bridgehead atoms. The molecule has 0 fully saturated rings. The number of rotatable bonds is 8. The molecule has 0 spiro atoms. The molecule has 0 aromatic carbocycles. The fourth-order valence-corrected chi connectivity index (χ4v) is 1.98. The molecule has 0 rings (SSSR count). The molecule has 0 heterocycles. The van der Waals surface area contributed by atoms with Crippen LogP contribution in [0.3, 0.4) is 0 Å². The van der Waals surface area contributed by atoms with Crippen LogP contribution >= 0.6 is 0 Å². The van der Waals surface area contributed by atoms with Gasteiger partial charge in [-0.3, -0.25) is 0 Å². The maximum atomic E-state index is 11.2. The van der Waals surface area contributed by atoms with Gasteiger partial charge in [0.1, 0.15) is 0 Å². The van der Waals surface area contributed by atoms with Gasteiger partial charge < -0.3 is 0 Å². The molecule has 1 atom stereocenters. The first kappa shape index (κ1) is 13.9. The third-order valence-corrected chi connectivity index (χ3v) is 3.88. The standard InChI is InChI=1S/C10H23NO2S/c1-4-7-8-10(5-2)9-11-14(12,13)6-3/h10-11H,4-9H2,1-3H3. The molecule has 1 N–H and O–H groups in total. The average molecular weight is 221 g/mol. The highest BCUT2D eigenvalue weighted by Gasteiger charge is 2.10. The summed E-state index contributed by atoms with van der Waals surface area (Å²) < 4.78 is 25.0. The fourth-order valence-electron chi connectivity index (χ4n) is 1.29. The Bertz CT molecular complexity index is 224. The largest absolute Gasteiger partial charge is 0.215 e. The molecule has 0 aliphatic rings. The van der Waals surface area contributed by atoms with E-state index in [2.05, 4.69) is 18.6 Å². The zero-order chi connectivity index (χ0) is 11.0. The normalized spacial score (nSPS) is 14.2. The van der Waals surface area contributed by atoms with Crippen LogP contribution in [0.2, 0.25) is 0 Å². The lowest BCUT2D eigenvalue weighted by molar-refractivity contribution is 0.444. The van der Waals surface area contributed by atoms with Gasteiger partial charge >= 0.3 is 0 Å². The maximum absolute atomic E-state index is 11.2. The Hall–Kier alpha value is -0.0900. The first-order valence-corrected chi connectivity index (χ1v) is 7.18. The summed E-state index contributed by atoms with van der Waals surface area (Å²) in [6.07, 6.45) is 4.54. The first-order valence-electron chi connectivity index (χ1n) is 5.53. The Kier molecular flexibility index (Phi) is 7.19. The average Bonchev–Trinajstić information content (AvgIpc) is 2.18. The van der Waals surface area contributed by atoms with Gasteiger partial charge in [-0.2, -0.15) is 0 Å². The van der Waals surface area contributed by atoms with Gasteiger partial charge in [0, 0.05) is 6.54 Å². The number of nitrogens with one attached hydrogen (secondary N) is 1. The van der Waals surface area contributed by atoms with Gasteiger partial charge in [0.15, 0.2) is 0 Å². The highest BCUT2D eigenvalue weighted by Crippen LogP contribution is 2.11. The number of hydrogen-bond donors (Lipinski definition) is 1. The van der Waals surface area contributed by atoms with E-state index >= 15 is 0 Å². The zero-order valence-electron chi connectivity index (χ0n) is 9.54. The van der Waals surface area contributed by atoms with Crippen molar-refractivity contribution >= 4 is 10.0 Å². The van der Waals surface area contributed by atoms with Crippen molar-refractivity contribution in [2.45, 2.75) is 46.5 Å². The number of unbranched alkanes of at least 4 members (excludes halogenated alkanes) is 1. The summed E-state index contributed by atoms with van der Waals surface area (Å²) in [5.74, 6) is 0.674. The van der Waals surface area contributed by atoms with Crippen LogP contribution in [0.25, 0.3) is 0 Å². The summed E-state index contributed by atoms with van der Waals surface area (Å²) in [6.45, 7) is 6.53. The van der Waals surface area contributed by atoms with E-state index in [0.29, 0.717) is 12.5 Å². The van der Waals surface area contributed by atoms with Crippen molar-refractivity contribution in [3.8, 4) is 0 Å². The quantitative estimate of drug-likeness (QED) is 0.682. The van der Waals surface area contributed by atoms with Gasteiger partial charge in [-0.1, -0.05) is 33.1 Å². The first-order chi connectivity index (χ1) is 6.55. The minimum atomic E-state index is -3.00. The van der Waals surface area contributed by atoms with E-state index in [1.54, 1.807) is 6.92 Å². The van der Waals surface area contributed by atoms with Crippen LogP contribution in [0.1, 0.15) is 46.5 Å². The minimum absolute atomic E-state index is 0.178. The van der Waals surface area contributed by atoms with E-state index < -0.39 is 10.0 Å². The van der Waals surface area contributed by atoms with Crippen molar-refractivity contribution in [2.24, 2.45) is 5.92 Å². The van der Waals surface area contributed by atoms with Gasteiger partial charge in [-0.05, 0) is 19.3 Å². The maximum Gasteiger partial charge on any atom is 0.211 e. The van der Waals surface area contributed by atoms with E-state index in [9.17, 15) is 8.42 Å². The van der Waals surface area contributed by atoms with Gasteiger partial charge in [-0.15, -0.1) is 0 Å². The summed E-state index contributed by atoms with van der Waals surface area (Å²) >= 11 is 0. The van der Waals surface area contributed by atoms with Crippen molar-refractivity contribution in [3.63, 3.8) is 0 Å². The fraction of sp³-hybridized carbons (Fsp3) is 1.00. The third kappa shape index (κ3) is 6.38. The second-order valence-electron chi connectivity index (χ2n) is 3.67. The van der Waals surface area contributed by atoms with Crippen LogP contribution in [-0.4, -0.2) is 20.7 Å². The molecule has 0 aliphatic heterocycles. The molecule has 86 valence electrons. The number of hydrogen-bond acceptors (Lipinski definition) is 2. The molecule has 3 nitrogen and oxygen atoms in total. The SMILES string of the molecule is CCCCC(CC)CNS(=O)(=O)CC. The molecule has 0 saturated carbocycles. The summed E-state index contributed by atoms with van der Waals surface area (Å²) in [7, 11) is -3.00. The van der Waals surface area contributed by atoms with E-state index in [0.717, 1.165) is 12.8 Å². The van der Waals surface area contributed by atoms with Crippen LogP contribution < -0.4 is 4.72 Å². The predicted octanol–water partition coefficient (Wildman–Crippen LogP) is 2.14. The van der Waals surface area contributed by atoms with Crippen LogP contribution in [0.5, 0.6) is 0 Å². The smallest absolute Gasteiger partial charge is 0.211 e. The van der Waals surface area contributed by atoms with Gasteiger partial charge in [0.25, 0.3) is 0 Å². The van der Waals surface area contributed by atoms with Gasteiger partial charge in [0.2, 0.25) is 10.0 Å². The Balaban J connectivity index is 3.83. The molecule has 0 aliphatic carbocycles. The molecule has 0 radical (unpaired) electrons. The van der Waals surface area contributed by atoms with Crippen molar-refractivity contribution < 1.29 is 8.42 Å². The molecule has 0 saturated heterocycles. The monoisotopic (exact) mass is 221 g/mol. The molecular weight excluding hydrogens is 198 g/mol. The summed E-state index contributed by atoms with van der Waals surface area (Å²) in [6, 6.07) is 0. The molecule has 14 heavy (non-hydrogen) atoms. The van der Waals surface area contributed by atoms with Crippen LogP contribution in [0, 0.1) is 5.92 Å². The van der Waals surface area contributed by atoms with Crippen LogP contribution in [0.15, 0.2) is 0 Å². The molecule has 0 aromatic heterocycles. The highest BCUT2D eigenvalue weighted by molar-refractivity contribution is 7.89. The Labute approximate surface area is 88.3 Å². The molecule has 1 unspecified atom stereocenters. The second kappa shape index (κ2) is 7.23. The van der Waals surface area contributed by atoms with Gasteiger partial charge in [-0.25, -0.2) is 13.1 Å². The van der Waals surface area contributed by atoms with E-state index in [1.807, 2.05) is 0 Å².